The maximum absolute atomic E-state index is 6.29. The van der Waals surface area contributed by atoms with Crippen molar-refractivity contribution in [2.75, 3.05) is 20.3 Å². The summed E-state index contributed by atoms with van der Waals surface area (Å²) in [6.07, 6.45) is 5.24. The number of imidazole rings is 1. The van der Waals surface area contributed by atoms with Crippen LogP contribution in [0.4, 0.5) is 0 Å². The Morgan fingerprint density at radius 3 is 2.79 bits per heavy atom. The third kappa shape index (κ3) is 4.31. The van der Waals surface area contributed by atoms with Crippen molar-refractivity contribution < 1.29 is 18.9 Å². The lowest BCUT2D eigenvalue weighted by molar-refractivity contribution is -0.190. The minimum atomic E-state index is -0.908. The first-order valence-electron chi connectivity index (χ1n) is 9.39. The largest absolute Gasteiger partial charge is 0.457 e. The molecule has 152 valence electrons. The van der Waals surface area contributed by atoms with Gasteiger partial charge >= 0.3 is 0 Å². The molecule has 1 saturated heterocycles. The minimum Gasteiger partial charge on any atom is -0.457 e. The van der Waals surface area contributed by atoms with Crippen molar-refractivity contribution in [1.82, 2.24) is 9.55 Å². The normalized spacial score (nSPS) is 21.4. The fourth-order valence-electron chi connectivity index (χ4n) is 3.38. The molecule has 0 N–H and O–H groups in total. The van der Waals surface area contributed by atoms with Crippen LogP contribution in [0.2, 0.25) is 5.02 Å². The van der Waals surface area contributed by atoms with Crippen LogP contribution in [-0.2, 0) is 26.5 Å². The summed E-state index contributed by atoms with van der Waals surface area (Å²) in [5.41, 5.74) is 1.81. The highest BCUT2D eigenvalue weighted by molar-refractivity contribution is 6.31. The molecule has 0 saturated carbocycles. The van der Waals surface area contributed by atoms with Crippen LogP contribution in [0.25, 0.3) is 0 Å². The smallest absolute Gasteiger partial charge is 0.214 e. The molecule has 1 aliphatic heterocycles. The van der Waals surface area contributed by atoms with E-state index in [0.29, 0.717) is 30.5 Å². The lowest BCUT2D eigenvalue weighted by Crippen LogP contribution is -2.33. The second kappa shape index (κ2) is 8.55. The number of aromatic nitrogens is 2. The Balaban J connectivity index is 1.58. The topological polar surface area (TPSA) is 54.7 Å². The number of benzene rings is 2. The van der Waals surface area contributed by atoms with Gasteiger partial charge in [0.25, 0.3) is 0 Å². The van der Waals surface area contributed by atoms with Gasteiger partial charge < -0.3 is 23.5 Å². The Hall–Kier alpha value is -2.38. The molecule has 4 rings (SSSR count). The molecule has 1 aliphatic rings. The van der Waals surface area contributed by atoms with Crippen molar-refractivity contribution in [2.45, 2.75) is 25.4 Å². The van der Waals surface area contributed by atoms with Gasteiger partial charge in [-0.3, -0.25) is 0 Å². The Bertz CT molecular complexity index is 946. The summed E-state index contributed by atoms with van der Waals surface area (Å²) in [7, 11) is 1.66. The number of halogens is 1. The van der Waals surface area contributed by atoms with Crippen LogP contribution in [0.1, 0.15) is 11.1 Å². The second-order valence-electron chi connectivity index (χ2n) is 6.98. The molecule has 3 aromatic rings. The zero-order valence-electron chi connectivity index (χ0n) is 16.4. The lowest BCUT2D eigenvalue weighted by Gasteiger charge is -2.29. The quantitative estimate of drug-likeness (QED) is 0.567. The van der Waals surface area contributed by atoms with E-state index in [1.165, 1.54) is 0 Å². The first-order valence-corrected chi connectivity index (χ1v) is 9.77. The first kappa shape index (κ1) is 19.9. The lowest BCUT2D eigenvalue weighted by atomic mass is 10.1. The molecule has 0 radical (unpaired) electrons. The third-order valence-corrected chi connectivity index (χ3v) is 5.31. The van der Waals surface area contributed by atoms with Gasteiger partial charge in [0.05, 0.1) is 26.1 Å². The molecular formula is C22H23ClN2O4. The summed E-state index contributed by atoms with van der Waals surface area (Å²) in [5, 5.41) is 0.676. The SMILES string of the molecule is COCC1COC(Cn2ccnc2)(c2ccc(Oc3cccc(Cl)c3C)cc2)O1. The van der Waals surface area contributed by atoms with Crippen molar-refractivity contribution in [2.24, 2.45) is 0 Å². The molecule has 1 aromatic heterocycles. The van der Waals surface area contributed by atoms with Gasteiger partial charge in [-0.15, -0.1) is 0 Å². The van der Waals surface area contributed by atoms with E-state index >= 15 is 0 Å². The van der Waals surface area contributed by atoms with Crippen LogP contribution in [0.5, 0.6) is 11.5 Å². The average Bonchev–Trinajstić information content (AvgIpc) is 3.37. The highest BCUT2D eigenvalue weighted by atomic mass is 35.5. The second-order valence-corrected chi connectivity index (χ2v) is 7.39. The molecule has 2 unspecified atom stereocenters. The predicted molar refractivity (Wildman–Crippen MR) is 109 cm³/mol. The van der Waals surface area contributed by atoms with Gasteiger partial charge in [0, 0.05) is 35.7 Å². The van der Waals surface area contributed by atoms with Gasteiger partial charge in [0.1, 0.15) is 17.6 Å². The van der Waals surface area contributed by atoms with E-state index in [0.717, 1.165) is 16.9 Å². The highest BCUT2D eigenvalue weighted by Crippen LogP contribution is 2.37. The standard InChI is InChI=1S/C22H23ClN2O4/c1-16-20(23)4-3-5-21(16)28-18-8-6-17(7-9-18)22(14-25-11-10-24-15-25)27-13-19(29-22)12-26-2/h3-11,15,19H,12-14H2,1-2H3. The number of ether oxygens (including phenoxy) is 4. The number of methoxy groups -OCH3 is 1. The number of hydrogen-bond acceptors (Lipinski definition) is 5. The summed E-state index contributed by atoms with van der Waals surface area (Å²) in [5.74, 6) is 0.532. The Kier molecular flexibility index (Phi) is 5.87. The predicted octanol–water partition coefficient (Wildman–Crippen LogP) is 4.55. The van der Waals surface area contributed by atoms with Gasteiger partial charge in [0.2, 0.25) is 5.79 Å². The van der Waals surface area contributed by atoms with E-state index in [2.05, 4.69) is 4.98 Å². The summed E-state index contributed by atoms with van der Waals surface area (Å²) < 4.78 is 25.6. The Labute approximate surface area is 174 Å². The monoisotopic (exact) mass is 414 g/mol. The van der Waals surface area contributed by atoms with E-state index in [-0.39, 0.29) is 6.10 Å². The zero-order valence-corrected chi connectivity index (χ0v) is 17.1. The molecule has 2 heterocycles. The molecule has 0 bridgehead atoms. The molecular weight excluding hydrogens is 392 g/mol. The Morgan fingerprint density at radius 1 is 1.24 bits per heavy atom. The zero-order chi connectivity index (χ0) is 20.3. The Morgan fingerprint density at radius 2 is 2.07 bits per heavy atom. The molecule has 2 atom stereocenters. The van der Waals surface area contributed by atoms with Crippen molar-refractivity contribution in [3.63, 3.8) is 0 Å². The number of hydrogen-bond donors (Lipinski definition) is 0. The average molecular weight is 415 g/mol. The van der Waals surface area contributed by atoms with E-state index in [1.54, 1.807) is 19.6 Å². The molecule has 1 fully saturated rings. The van der Waals surface area contributed by atoms with Gasteiger partial charge in [-0.2, -0.15) is 0 Å². The van der Waals surface area contributed by atoms with Crippen LogP contribution >= 0.6 is 11.6 Å². The van der Waals surface area contributed by atoms with Crippen LogP contribution in [0.3, 0.4) is 0 Å². The van der Waals surface area contributed by atoms with E-state index in [9.17, 15) is 0 Å². The van der Waals surface area contributed by atoms with E-state index < -0.39 is 5.79 Å². The first-order chi connectivity index (χ1) is 14.1. The third-order valence-electron chi connectivity index (χ3n) is 4.90. The summed E-state index contributed by atoms with van der Waals surface area (Å²) in [6.45, 7) is 3.35. The fourth-order valence-corrected chi connectivity index (χ4v) is 3.55. The van der Waals surface area contributed by atoms with E-state index in [4.69, 9.17) is 30.5 Å². The van der Waals surface area contributed by atoms with E-state index in [1.807, 2.05) is 60.2 Å². The molecule has 6 nitrogen and oxygen atoms in total. The summed E-state index contributed by atoms with van der Waals surface area (Å²) in [6, 6.07) is 13.3. The summed E-state index contributed by atoms with van der Waals surface area (Å²) in [4.78, 5) is 4.12. The van der Waals surface area contributed by atoms with Gasteiger partial charge in [0.15, 0.2) is 0 Å². The van der Waals surface area contributed by atoms with Crippen molar-refractivity contribution in [1.29, 1.82) is 0 Å². The number of rotatable bonds is 7. The maximum Gasteiger partial charge on any atom is 0.214 e. The molecule has 0 spiro atoms. The maximum atomic E-state index is 6.29. The van der Waals surface area contributed by atoms with Gasteiger partial charge in [-0.1, -0.05) is 17.7 Å². The fraction of sp³-hybridized carbons (Fsp3) is 0.318. The minimum absolute atomic E-state index is 0.131. The number of nitrogens with zero attached hydrogens (tertiary/aromatic N) is 2. The molecule has 0 amide bonds. The summed E-state index contributed by atoms with van der Waals surface area (Å²) >= 11 is 6.19. The highest BCUT2D eigenvalue weighted by Gasteiger charge is 2.43. The van der Waals surface area contributed by atoms with Gasteiger partial charge in [-0.05, 0) is 43.3 Å². The van der Waals surface area contributed by atoms with Crippen molar-refractivity contribution >= 4 is 11.6 Å². The van der Waals surface area contributed by atoms with Crippen LogP contribution in [0.15, 0.2) is 61.2 Å². The van der Waals surface area contributed by atoms with Crippen LogP contribution in [0, 0.1) is 6.92 Å². The molecule has 2 aromatic carbocycles. The van der Waals surface area contributed by atoms with Crippen LogP contribution in [-0.4, -0.2) is 36.0 Å². The van der Waals surface area contributed by atoms with Crippen molar-refractivity contribution in [3.8, 4) is 11.5 Å². The molecule has 7 heteroatoms. The van der Waals surface area contributed by atoms with Gasteiger partial charge in [-0.25, -0.2) is 4.98 Å². The van der Waals surface area contributed by atoms with Crippen molar-refractivity contribution in [3.05, 3.63) is 77.3 Å². The molecule has 0 aliphatic carbocycles. The van der Waals surface area contributed by atoms with Crippen LogP contribution < -0.4 is 4.74 Å². The molecule has 29 heavy (non-hydrogen) atoms.